The molecule has 19 heteroatoms. The quantitative estimate of drug-likeness (QED) is 0.120. The van der Waals surface area contributed by atoms with Gasteiger partial charge in [0.1, 0.15) is 21.8 Å². The molecule has 45 heavy (non-hydrogen) atoms. The van der Waals surface area contributed by atoms with Gasteiger partial charge in [0.15, 0.2) is 39.6 Å². The molecule has 0 amide bonds. The third kappa shape index (κ3) is 6.00. The predicted octanol–water partition coefficient (Wildman–Crippen LogP) is 4.06. The smallest absolute Gasteiger partial charge is 0.266 e. The van der Waals surface area contributed by atoms with Crippen molar-refractivity contribution in [1.29, 1.82) is 0 Å². The number of fused-ring (bicyclic) bond motifs is 1. The maximum absolute atomic E-state index is 14.0. The van der Waals surface area contributed by atoms with Crippen molar-refractivity contribution in [2.45, 2.75) is 22.9 Å². The number of ether oxygens (including phenoxy) is 2. The third-order valence-electron chi connectivity index (χ3n) is 6.34. The second-order valence-electron chi connectivity index (χ2n) is 9.23. The van der Waals surface area contributed by atoms with E-state index in [0.717, 1.165) is 0 Å². The maximum atomic E-state index is 14.0. The monoisotopic (exact) mass is 673 g/mol. The average molecular weight is 674 g/mol. The number of nitrogens with zero attached hydrogens (tertiary/aromatic N) is 3. The van der Waals surface area contributed by atoms with E-state index in [1.54, 1.807) is 16.9 Å². The molecule has 238 valence electrons. The summed E-state index contributed by atoms with van der Waals surface area (Å²) in [4.78, 5) is -2.15. The van der Waals surface area contributed by atoms with E-state index in [1.165, 1.54) is 55.6 Å². The van der Waals surface area contributed by atoms with E-state index < -0.39 is 60.6 Å². The fourth-order valence-corrected chi connectivity index (χ4v) is 6.61. The molecule has 2 aromatic heterocycles. The molecule has 0 fully saturated rings. The molecule has 0 atom stereocenters. The fourth-order valence-electron chi connectivity index (χ4n) is 4.28. The predicted molar refractivity (Wildman–Crippen MR) is 146 cm³/mol. The highest BCUT2D eigenvalue weighted by molar-refractivity contribution is 7.92. The summed E-state index contributed by atoms with van der Waals surface area (Å²) in [7, 11) is -6.66. The Morgan fingerprint density at radius 3 is 2.16 bits per heavy atom. The van der Waals surface area contributed by atoms with Gasteiger partial charge in [-0.15, -0.1) is 0 Å². The number of anilines is 1. The van der Waals surface area contributed by atoms with Crippen molar-refractivity contribution >= 4 is 36.8 Å². The zero-order valence-corrected chi connectivity index (χ0v) is 24.6. The number of rotatable bonds is 11. The molecule has 3 aromatic carbocycles. The van der Waals surface area contributed by atoms with Crippen LogP contribution in [-0.2, 0) is 33.1 Å². The van der Waals surface area contributed by atoms with E-state index in [-0.39, 0.29) is 45.3 Å². The molecule has 0 spiro atoms. The van der Waals surface area contributed by atoms with Crippen LogP contribution in [0.4, 0.5) is 27.8 Å². The van der Waals surface area contributed by atoms with Gasteiger partial charge in [-0.1, -0.05) is 17.3 Å². The lowest BCUT2D eigenvalue weighted by Gasteiger charge is -2.11. The molecule has 0 saturated carbocycles. The van der Waals surface area contributed by atoms with Crippen molar-refractivity contribution in [3.05, 3.63) is 89.0 Å². The van der Waals surface area contributed by atoms with E-state index in [2.05, 4.69) is 15.0 Å². The summed E-state index contributed by atoms with van der Waals surface area (Å²) in [6, 6.07) is 9.03. The molecule has 0 aliphatic heterocycles. The van der Waals surface area contributed by atoms with E-state index >= 15 is 0 Å². The molecule has 12 nitrogen and oxygen atoms in total. The highest BCUT2D eigenvalue weighted by atomic mass is 32.2. The summed E-state index contributed by atoms with van der Waals surface area (Å²) in [6.45, 7) is -0.568. The maximum Gasteiger partial charge on any atom is 0.266 e. The zero-order chi connectivity index (χ0) is 32.7. The minimum absolute atomic E-state index is 0.0413. The van der Waals surface area contributed by atoms with Crippen LogP contribution in [-0.4, -0.2) is 46.0 Å². The van der Waals surface area contributed by atoms with Crippen LogP contribution in [0.15, 0.2) is 63.1 Å². The highest BCUT2D eigenvalue weighted by Gasteiger charge is 2.33. The average Bonchev–Trinajstić information content (AvgIpc) is 3.63. The van der Waals surface area contributed by atoms with Crippen LogP contribution in [0.5, 0.6) is 11.5 Å². The van der Waals surface area contributed by atoms with Crippen LogP contribution in [0.2, 0.25) is 0 Å². The summed E-state index contributed by atoms with van der Waals surface area (Å²) >= 11 is 0. The van der Waals surface area contributed by atoms with Crippen molar-refractivity contribution in [3.63, 3.8) is 0 Å². The van der Waals surface area contributed by atoms with Gasteiger partial charge >= 0.3 is 0 Å². The van der Waals surface area contributed by atoms with Crippen LogP contribution in [0.3, 0.4) is 0 Å². The van der Waals surface area contributed by atoms with Gasteiger partial charge in [0, 0.05) is 18.3 Å². The van der Waals surface area contributed by atoms with E-state index in [0.29, 0.717) is 5.56 Å². The van der Waals surface area contributed by atoms with Gasteiger partial charge in [0.05, 0.1) is 27.0 Å². The molecule has 5 aromatic rings. The third-order valence-corrected chi connectivity index (χ3v) is 9.14. The number of hydrogen-bond acceptors (Lipinski definition) is 9. The Bertz CT molecular complexity index is 2130. The fraction of sp³-hybridized carbons (Fsp3) is 0.154. The van der Waals surface area contributed by atoms with E-state index in [1.807, 2.05) is 0 Å². The first-order valence-electron chi connectivity index (χ1n) is 12.4. The Kier molecular flexibility index (Phi) is 8.43. The van der Waals surface area contributed by atoms with Gasteiger partial charge < -0.3 is 14.0 Å². The summed E-state index contributed by atoms with van der Waals surface area (Å²) in [5.74, 6) is -12.1. The van der Waals surface area contributed by atoms with Crippen LogP contribution in [0.25, 0.3) is 11.0 Å². The van der Waals surface area contributed by atoms with E-state index in [4.69, 9.17) is 14.0 Å². The molecule has 2 heterocycles. The normalized spacial score (nSPS) is 12.1. The summed E-state index contributed by atoms with van der Waals surface area (Å²) in [6.07, 6.45) is 2.56. The largest absolute Gasteiger partial charge is 0.496 e. The second-order valence-corrected chi connectivity index (χ2v) is 12.6. The first kappa shape index (κ1) is 31.7. The van der Waals surface area contributed by atoms with Gasteiger partial charge in [-0.05, 0) is 29.8 Å². The highest BCUT2D eigenvalue weighted by Crippen LogP contribution is 2.36. The molecule has 0 unspecified atom stereocenters. The second kappa shape index (κ2) is 12.0. The number of methoxy groups -OCH3 is 2. The van der Waals surface area contributed by atoms with Crippen LogP contribution in [0, 0.1) is 29.1 Å². The lowest BCUT2D eigenvalue weighted by Crippen LogP contribution is -2.26. The van der Waals surface area contributed by atoms with Gasteiger partial charge in [0.25, 0.3) is 10.0 Å². The topological polar surface area (TPSA) is 155 Å². The number of halogens is 5. The van der Waals surface area contributed by atoms with Gasteiger partial charge in [0.2, 0.25) is 15.8 Å². The van der Waals surface area contributed by atoms with Crippen molar-refractivity contribution in [1.82, 2.24) is 19.7 Å². The number of hydrogen-bond donors (Lipinski definition) is 2. The van der Waals surface area contributed by atoms with Crippen LogP contribution in [0.1, 0.15) is 11.1 Å². The summed E-state index contributed by atoms with van der Waals surface area (Å²) < 4.78 is 141. The van der Waals surface area contributed by atoms with Crippen molar-refractivity contribution in [3.8, 4) is 11.5 Å². The number of nitrogens with one attached hydrogen (secondary N) is 2. The van der Waals surface area contributed by atoms with Crippen LogP contribution < -0.4 is 18.9 Å². The Morgan fingerprint density at radius 2 is 1.49 bits per heavy atom. The van der Waals surface area contributed by atoms with Gasteiger partial charge in [-0.2, -0.15) is 5.10 Å². The number of para-hydroxylation sites is 1. The number of aromatic nitrogens is 3. The molecule has 0 aliphatic carbocycles. The lowest BCUT2D eigenvalue weighted by molar-refractivity contribution is 0.357. The number of sulfonamides is 2. The van der Waals surface area contributed by atoms with Gasteiger partial charge in [-0.25, -0.2) is 43.5 Å². The Labute approximate surface area is 251 Å². The first-order valence-corrected chi connectivity index (χ1v) is 15.4. The van der Waals surface area contributed by atoms with Crippen molar-refractivity contribution in [2.24, 2.45) is 0 Å². The molecular formula is C26H20F5N5O7S2. The molecule has 5 rings (SSSR count). The molecular weight excluding hydrogens is 653 g/mol. The molecule has 0 saturated heterocycles. The SMILES string of the molecule is COc1ccccc1S(=O)(=O)Nc1noc2cc(Cn3cc(CNS(=O)(=O)c4c(F)c(F)c(F)c(F)c4F)cn3)cc(OC)c12. The van der Waals surface area contributed by atoms with Crippen molar-refractivity contribution in [2.75, 3.05) is 18.9 Å². The molecule has 0 radical (unpaired) electrons. The zero-order valence-electron chi connectivity index (χ0n) is 22.9. The summed E-state index contributed by atoms with van der Waals surface area (Å²) in [5.41, 5.74) is 0.833. The van der Waals surface area contributed by atoms with E-state index in [9.17, 15) is 38.8 Å². The van der Waals surface area contributed by atoms with Crippen LogP contribution >= 0.6 is 0 Å². The van der Waals surface area contributed by atoms with Crippen molar-refractivity contribution < 1.29 is 52.8 Å². The molecule has 0 aliphatic rings. The first-order chi connectivity index (χ1) is 21.3. The van der Waals surface area contributed by atoms with Gasteiger partial charge in [-0.3, -0.25) is 9.40 Å². The minimum Gasteiger partial charge on any atom is -0.496 e. The number of benzene rings is 3. The molecule has 2 N–H and O–H groups in total. The Hall–Kier alpha value is -4.75. The Morgan fingerprint density at radius 1 is 0.844 bits per heavy atom. The lowest BCUT2D eigenvalue weighted by atomic mass is 10.1. The minimum atomic E-state index is -5.17. The summed E-state index contributed by atoms with van der Waals surface area (Å²) in [5, 5.41) is 8.11. The molecule has 0 bridgehead atoms. The standard InChI is InChI=1S/C26H20F5N5O7S2/c1-41-15-5-3-4-6-18(15)44(37,38)35-26-19-16(42-2)7-13(8-17(19)43-34-26)11-36-12-14(9-32-36)10-33-45(39,40)25-23(30)21(28)20(27)22(29)24(25)31/h3-9,12,33H,10-11H2,1-2H3,(H,34,35). The Balaban J connectivity index is 1.34.